The molecule has 2 rings (SSSR count). The monoisotopic (exact) mass is 256 g/mol. The number of rotatable bonds is 3. The van der Waals surface area contributed by atoms with Gasteiger partial charge in [0.15, 0.2) is 5.82 Å². The van der Waals surface area contributed by atoms with Crippen LogP contribution in [0.1, 0.15) is 10.6 Å². The molecule has 2 aromatic heterocycles. The third-order valence-corrected chi connectivity index (χ3v) is 3.34. The normalized spacial score (nSPS) is 10.4. The minimum Gasteiger partial charge on any atom is -0.364 e. The van der Waals surface area contributed by atoms with Crippen LogP contribution in [0.2, 0.25) is 5.02 Å². The molecule has 2 heterocycles. The average molecular weight is 257 g/mol. The van der Waals surface area contributed by atoms with Gasteiger partial charge in [-0.25, -0.2) is 9.97 Å². The Morgan fingerprint density at radius 2 is 2.38 bits per heavy atom. The summed E-state index contributed by atoms with van der Waals surface area (Å²) in [4.78, 5) is 22.8. The summed E-state index contributed by atoms with van der Waals surface area (Å²) in [6.45, 7) is 2.49. The van der Waals surface area contributed by atoms with Crippen LogP contribution in [0.3, 0.4) is 0 Å². The first-order valence-electron chi connectivity index (χ1n) is 4.54. The third-order valence-electron chi connectivity index (χ3n) is 2.06. The summed E-state index contributed by atoms with van der Waals surface area (Å²) in [6.07, 6.45) is 1.32. The lowest BCUT2D eigenvalue weighted by molar-refractivity contribution is 1.06. The predicted molar refractivity (Wildman–Crippen MR) is 64.0 cm³/mol. The second kappa shape index (κ2) is 4.63. The highest BCUT2D eigenvalue weighted by Gasteiger charge is 2.06. The van der Waals surface area contributed by atoms with Crippen molar-refractivity contribution in [2.45, 2.75) is 13.5 Å². The predicted octanol–water partition coefficient (Wildman–Crippen LogP) is 1.80. The van der Waals surface area contributed by atoms with Gasteiger partial charge in [0.2, 0.25) is 0 Å². The molecule has 2 N–H and O–H groups in total. The molecule has 0 saturated heterocycles. The SMILES string of the molecule is Cc1ncsc1CNc1nc[nH]c(=O)c1Cl. The Balaban J connectivity index is 2.14. The Morgan fingerprint density at radius 1 is 1.56 bits per heavy atom. The molecule has 0 atom stereocenters. The molecule has 0 fully saturated rings. The van der Waals surface area contributed by atoms with Crippen molar-refractivity contribution in [2.75, 3.05) is 5.32 Å². The molecule has 0 amide bonds. The van der Waals surface area contributed by atoms with Crippen molar-refractivity contribution < 1.29 is 0 Å². The topological polar surface area (TPSA) is 70.7 Å². The van der Waals surface area contributed by atoms with E-state index in [1.165, 1.54) is 6.33 Å². The summed E-state index contributed by atoms with van der Waals surface area (Å²) < 4.78 is 0. The van der Waals surface area contributed by atoms with Crippen molar-refractivity contribution in [3.63, 3.8) is 0 Å². The lowest BCUT2D eigenvalue weighted by atomic mass is 10.4. The lowest BCUT2D eigenvalue weighted by Crippen LogP contribution is -2.11. The van der Waals surface area contributed by atoms with E-state index in [4.69, 9.17) is 11.6 Å². The van der Waals surface area contributed by atoms with Crippen LogP contribution in [-0.2, 0) is 6.54 Å². The molecule has 0 aliphatic rings. The van der Waals surface area contributed by atoms with Gasteiger partial charge in [0, 0.05) is 4.88 Å². The summed E-state index contributed by atoms with van der Waals surface area (Å²) in [5.74, 6) is 0.387. The van der Waals surface area contributed by atoms with Gasteiger partial charge in [0.25, 0.3) is 5.56 Å². The van der Waals surface area contributed by atoms with Crippen LogP contribution in [0, 0.1) is 6.92 Å². The molecule has 0 unspecified atom stereocenters. The number of H-pyrrole nitrogens is 1. The molecule has 0 bridgehead atoms. The smallest absolute Gasteiger partial charge is 0.271 e. The van der Waals surface area contributed by atoms with Crippen molar-refractivity contribution in [3.05, 3.63) is 37.8 Å². The van der Waals surface area contributed by atoms with Gasteiger partial charge in [-0.1, -0.05) is 11.6 Å². The van der Waals surface area contributed by atoms with E-state index >= 15 is 0 Å². The van der Waals surface area contributed by atoms with Crippen LogP contribution in [0.15, 0.2) is 16.6 Å². The van der Waals surface area contributed by atoms with Crippen molar-refractivity contribution in [1.29, 1.82) is 0 Å². The highest BCUT2D eigenvalue weighted by atomic mass is 35.5. The first-order chi connectivity index (χ1) is 7.68. The largest absolute Gasteiger partial charge is 0.364 e. The number of hydrogen-bond acceptors (Lipinski definition) is 5. The number of nitrogens with one attached hydrogen (secondary N) is 2. The fourth-order valence-corrected chi connectivity index (χ4v) is 2.05. The van der Waals surface area contributed by atoms with Crippen molar-refractivity contribution in [3.8, 4) is 0 Å². The van der Waals surface area contributed by atoms with E-state index in [9.17, 15) is 4.79 Å². The van der Waals surface area contributed by atoms with Gasteiger partial charge < -0.3 is 10.3 Å². The molecule has 0 saturated carbocycles. The van der Waals surface area contributed by atoms with Gasteiger partial charge in [-0.15, -0.1) is 11.3 Å². The van der Waals surface area contributed by atoms with Gasteiger partial charge in [-0.05, 0) is 6.92 Å². The van der Waals surface area contributed by atoms with Crippen LogP contribution < -0.4 is 10.9 Å². The zero-order valence-electron chi connectivity index (χ0n) is 8.45. The van der Waals surface area contributed by atoms with Gasteiger partial charge >= 0.3 is 0 Å². The summed E-state index contributed by atoms with van der Waals surface area (Å²) in [5.41, 5.74) is 2.40. The molecule has 0 spiro atoms. The minimum atomic E-state index is -0.347. The average Bonchev–Trinajstić information content (AvgIpc) is 2.67. The lowest BCUT2D eigenvalue weighted by Gasteiger charge is -2.04. The maximum absolute atomic E-state index is 11.2. The van der Waals surface area contributed by atoms with E-state index in [0.29, 0.717) is 12.4 Å². The quantitative estimate of drug-likeness (QED) is 0.879. The molecule has 2 aromatic rings. The first-order valence-corrected chi connectivity index (χ1v) is 5.80. The molecule has 0 aliphatic heterocycles. The summed E-state index contributed by atoms with van der Waals surface area (Å²) >= 11 is 7.34. The van der Waals surface area contributed by atoms with Crippen molar-refractivity contribution >= 4 is 28.8 Å². The van der Waals surface area contributed by atoms with E-state index in [-0.39, 0.29) is 10.6 Å². The Morgan fingerprint density at radius 3 is 3.06 bits per heavy atom. The van der Waals surface area contributed by atoms with Crippen LogP contribution in [0.25, 0.3) is 0 Å². The number of nitrogens with zero attached hydrogens (tertiary/aromatic N) is 2. The second-order valence-corrected chi connectivity index (χ2v) is 4.43. The molecule has 0 aromatic carbocycles. The molecule has 16 heavy (non-hydrogen) atoms. The summed E-state index contributed by atoms with van der Waals surface area (Å²) in [6, 6.07) is 0. The van der Waals surface area contributed by atoms with E-state index in [2.05, 4.69) is 20.3 Å². The third kappa shape index (κ3) is 2.23. The van der Waals surface area contributed by atoms with Crippen LogP contribution in [0.4, 0.5) is 5.82 Å². The molecular formula is C9H9ClN4OS. The number of hydrogen-bond donors (Lipinski definition) is 2. The number of aryl methyl sites for hydroxylation is 1. The Bertz CT molecular complexity index is 550. The van der Waals surface area contributed by atoms with Crippen LogP contribution in [-0.4, -0.2) is 15.0 Å². The summed E-state index contributed by atoms with van der Waals surface area (Å²) in [7, 11) is 0. The maximum Gasteiger partial charge on any atom is 0.271 e. The molecule has 0 aliphatic carbocycles. The van der Waals surface area contributed by atoms with Crippen molar-refractivity contribution in [1.82, 2.24) is 15.0 Å². The fraction of sp³-hybridized carbons (Fsp3) is 0.222. The molecule has 0 radical (unpaired) electrons. The molecule has 5 nitrogen and oxygen atoms in total. The number of aromatic amines is 1. The minimum absolute atomic E-state index is 0.0738. The van der Waals surface area contributed by atoms with E-state index in [1.807, 2.05) is 6.92 Å². The number of anilines is 1. The van der Waals surface area contributed by atoms with Crippen molar-refractivity contribution in [2.24, 2.45) is 0 Å². The van der Waals surface area contributed by atoms with Crippen LogP contribution >= 0.6 is 22.9 Å². The second-order valence-electron chi connectivity index (χ2n) is 3.11. The Labute approximate surface area is 101 Å². The molecular weight excluding hydrogens is 248 g/mol. The molecule has 84 valence electrons. The highest BCUT2D eigenvalue weighted by molar-refractivity contribution is 7.09. The number of thiazole rings is 1. The van der Waals surface area contributed by atoms with Gasteiger partial charge in [-0.3, -0.25) is 4.79 Å². The highest BCUT2D eigenvalue weighted by Crippen LogP contribution is 2.17. The number of aromatic nitrogens is 3. The Kier molecular flexibility index (Phi) is 3.21. The standard InChI is InChI=1S/C9H9ClN4OS/c1-5-6(16-4-14-5)2-11-8-7(10)9(15)13-3-12-8/h3-4H,2H2,1H3,(H2,11,12,13,15). The fourth-order valence-electron chi connectivity index (χ4n) is 1.17. The van der Waals surface area contributed by atoms with Gasteiger partial charge in [-0.2, -0.15) is 0 Å². The van der Waals surface area contributed by atoms with Gasteiger partial charge in [0.1, 0.15) is 5.02 Å². The van der Waals surface area contributed by atoms with E-state index in [0.717, 1.165) is 10.6 Å². The van der Waals surface area contributed by atoms with E-state index < -0.39 is 0 Å². The maximum atomic E-state index is 11.2. The number of halogens is 1. The van der Waals surface area contributed by atoms with Gasteiger partial charge in [0.05, 0.1) is 24.1 Å². The van der Waals surface area contributed by atoms with E-state index in [1.54, 1.807) is 16.8 Å². The van der Waals surface area contributed by atoms with Crippen LogP contribution in [0.5, 0.6) is 0 Å². The zero-order valence-corrected chi connectivity index (χ0v) is 10.0. The first kappa shape index (κ1) is 11.1. The summed E-state index contributed by atoms with van der Waals surface area (Å²) in [5, 5.41) is 3.08. The Hall–Kier alpha value is -1.40. The zero-order chi connectivity index (χ0) is 11.5. The molecule has 7 heteroatoms.